The molecule has 2 nitrogen and oxygen atoms in total. The topological polar surface area (TPSA) is 21.3 Å². The second kappa shape index (κ2) is 7.13. The van der Waals surface area contributed by atoms with E-state index in [-0.39, 0.29) is 0 Å². The van der Waals surface area contributed by atoms with E-state index < -0.39 is 0 Å². The van der Waals surface area contributed by atoms with Gasteiger partial charge in [-0.3, -0.25) is 0 Å². The molecule has 0 spiro atoms. The normalized spacial score (nSPS) is 21.1. The van der Waals surface area contributed by atoms with Gasteiger partial charge in [0, 0.05) is 24.3 Å². The minimum Gasteiger partial charge on any atom is -0.381 e. The summed E-state index contributed by atoms with van der Waals surface area (Å²) in [5.41, 5.74) is 1.24. The zero-order chi connectivity index (χ0) is 12.8. The van der Waals surface area contributed by atoms with E-state index in [1.807, 2.05) is 12.1 Å². The molecule has 100 valence electrons. The van der Waals surface area contributed by atoms with Gasteiger partial charge in [0.2, 0.25) is 0 Å². The molecule has 1 aliphatic rings. The van der Waals surface area contributed by atoms with Gasteiger partial charge in [-0.2, -0.15) is 0 Å². The van der Waals surface area contributed by atoms with Crippen molar-refractivity contribution in [1.29, 1.82) is 0 Å². The minimum absolute atomic E-state index is 0.501. The van der Waals surface area contributed by atoms with Crippen molar-refractivity contribution in [2.24, 2.45) is 5.92 Å². The molecule has 0 aromatic heterocycles. The van der Waals surface area contributed by atoms with Gasteiger partial charge >= 0.3 is 0 Å². The van der Waals surface area contributed by atoms with Crippen LogP contribution in [-0.4, -0.2) is 25.8 Å². The van der Waals surface area contributed by atoms with Gasteiger partial charge in [-0.1, -0.05) is 36.7 Å². The molecule has 1 aromatic carbocycles. The second-order valence-corrected chi connectivity index (χ2v) is 5.42. The Morgan fingerprint density at radius 2 is 2.28 bits per heavy atom. The van der Waals surface area contributed by atoms with Crippen molar-refractivity contribution in [3.8, 4) is 0 Å². The molecule has 18 heavy (non-hydrogen) atoms. The van der Waals surface area contributed by atoms with Gasteiger partial charge in [0.1, 0.15) is 0 Å². The SMILES string of the molecule is CCNC(Cc1ccccc1Cl)CC1CCOC1. The Kier molecular flexibility index (Phi) is 5.48. The molecule has 1 fully saturated rings. The lowest BCUT2D eigenvalue weighted by Crippen LogP contribution is -2.33. The van der Waals surface area contributed by atoms with E-state index in [1.54, 1.807) is 0 Å². The lowest BCUT2D eigenvalue weighted by molar-refractivity contribution is 0.181. The summed E-state index contributed by atoms with van der Waals surface area (Å²) in [7, 11) is 0. The standard InChI is InChI=1S/C15H22ClNO/c1-2-17-14(9-12-7-8-18-11-12)10-13-5-3-4-6-15(13)16/h3-6,12,14,17H,2,7-11H2,1H3. The Morgan fingerprint density at radius 1 is 1.44 bits per heavy atom. The molecule has 2 rings (SSSR count). The Balaban J connectivity index is 1.94. The first-order valence-electron chi connectivity index (χ1n) is 6.84. The number of nitrogens with one attached hydrogen (secondary N) is 1. The van der Waals surface area contributed by atoms with E-state index >= 15 is 0 Å². The maximum atomic E-state index is 6.23. The molecule has 0 amide bonds. The van der Waals surface area contributed by atoms with E-state index in [4.69, 9.17) is 16.3 Å². The van der Waals surface area contributed by atoms with Crippen LogP contribution in [0, 0.1) is 5.92 Å². The third-order valence-corrected chi connectivity index (χ3v) is 3.93. The van der Waals surface area contributed by atoms with Gasteiger partial charge in [0.15, 0.2) is 0 Å². The Hall–Kier alpha value is -0.570. The fourth-order valence-corrected chi connectivity index (χ4v) is 2.84. The van der Waals surface area contributed by atoms with Gasteiger partial charge in [-0.05, 0) is 43.4 Å². The van der Waals surface area contributed by atoms with Crippen LogP contribution in [0.25, 0.3) is 0 Å². The molecular weight excluding hydrogens is 246 g/mol. The number of ether oxygens (including phenoxy) is 1. The molecule has 2 unspecified atom stereocenters. The van der Waals surface area contributed by atoms with E-state index in [2.05, 4.69) is 24.4 Å². The van der Waals surface area contributed by atoms with E-state index in [0.29, 0.717) is 12.0 Å². The fraction of sp³-hybridized carbons (Fsp3) is 0.600. The maximum Gasteiger partial charge on any atom is 0.0495 e. The number of hydrogen-bond donors (Lipinski definition) is 1. The van der Waals surface area contributed by atoms with Gasteiger partial charge in [0.05, 0.1) is 0 Å². The fourth-order valence-electron chi connectivity index (χ4n) is 2.63. The number of benzene rings is 1. The first-order valence-corrected chi connectivity index (χ1v) is 7.22. The van der Waals surface area contributed by atoms with E-state index in [1.165, 1.54) is 18.4 Å². The van der Waals surface area contributed by atoms with Gasteiger partial charge in [-0.15, -0.1) is 0 Å². The number of halogens is 1. The molecule has 1 aromatic rings. The molecule has 0 aliphatic carbocycles. The summed E-state index contributed by atoms with van der Waals surface area (Å²) in [6.07, 6.45) is 3.38. The third kappa shape index (κ3) is 3.98. The van der Waals surface area contributed by atoms with E-state index in [0.717, 1.165) is 31.2 Å². The summed E-state index contributed by atoms with van der Waals surface area (Å²) in [5.74, 6) is 0.705. The maximum absolute atomic E-state index is 6.23. The van der Waals surface area contributed by atoms with Crippen molar-refractivity contribution in [2.45, 2.75) is 32.2 Å². The van der Waals surface area contributed by atoms with Crippen LogP contribution in [0.4, 0.5) is 0 Å². The summed E-state index contributed by atoms with van der Waals surface area (Å²) in [5, 5.41) is 4.45. The van der Waals surface area contributed by atoms with Crippen LogP contribution in [0.5, 0.6) is 0 Å². The zero-order valence-corrected chi connectivity index (χ0v) is 11.7. The van der Waals surface area contributed by atoms with Crippen LogP contribution in [0.15, 0.2) is 24.3 Å². The van der Waals surface area contributed by atoms with Crippen LogP contribution in [0.2, 0.25) is 5.02 Å². The molecule has 1 N–H and O–H groups in total. The lowest BCUT2D eigenvalue weighted by Gasteiger charge is -2.21. The first-order chi connectivity index (χ1) is 8.79. The number of rotatable bonds is 6. The molecule has 1 aliphatic heterocycles. The Labute approximate surface area is 115 Å². The molecule has 1 heterocycles. The van der Waals surface area contributed by atoms with Crippen molar-refractivity contribution >= 4 is 11.6 Å². The highest BCUT2D eigenvalue weighted by atomic mass is 35.5. The summed E-state index contributed by atoms with van der Waals surface area (Å²) in [6.45, 7) is 5.01. The Morgan fingerprint density at radius 3 is 2.94 bits per heavy atom. The van der Waals surface area contributed by atoms with Crippen LogP contribution < -0.4 is 5.32 Å². The van der Waals surface area contributed by atoms with Crippen LogP contribution in [-0.2, 0) is 11.2 Å². The highest BCUT2D eigenvalue weighted by Crippen LogP contribution is 2.22. The molecular formula is C15H22ClNO. The van der Waals surface area contributed by atoms with Crippen molar-refractivity contribution in [3.63, 3.8) is 0 Å². The van der Waals surface area contributed by atoms with Crippen molar-refractivity contribution in [2.75, 3.05) is 19.8 Å². The predicted octanol–water partition coefficient (Wildman–Crippen LogP) is 3.29. The summed E-state index contributed by atoms with van der Waals surface area (Å²) >= 11 is 6.23. The second-order valence-electron chi connectivity index (χ2n) is 5.02. The summed E-state index contributed by atoms with van der Waals surface area (Å²) in [6, 6.07) is 8.64. The average Bonchev–Trinajstić information content (AvgIpc) is 2.85. The first kappa shape index (κ1) is 13.9. The predicted molar refractivity (Wildman–Crippen MR) is 76.2 cm³/mol. The highest BCUT2D eigenvalue weighted by Gasteiger charge is 2.20. The van der Waals surface area contributed by atoms with Gasteiger partial charge < -0.3 is 10.1 Å². The number of hydrogen-bond acceptors (Lipinski definition) is 2. The molecule has 0 saturated carbocycles. The number of likely N-dealkylation sites (N-methyl/N-ethyl adjacent to an activating group) is 1. The molecule has 3 heteroatoms. The Bertz CT molecular complexity index is 363. The van der Waals surface area contributed by atoms with Crippen LogP contribution in [0.1, 0.15) is 25.3 Å². The monoisotopic (exact) mass is 267 g/mol. The van der Waals surface area contributed by atoms with Crippen molar-refractivity contribution in [1.82, 2.24) is 5.32 Å². The van der Waals surface area contributed by atoms with Crippen molar-refractivity contribution < 1.29 is 4.74 Å². The van der Waals surface area contributed by atoms with Crippen molar-refractivity contribution in [3.05, 3.63) is 34.9 Å². The quantitative estimate of drug-likeness (QED) is 0.854. The molecule has 1 saturated heterocycles. The average molecular weight is 268 g/mol. The van der Waals surface area contributed by atoms with Gasteiger partial charge in [0.25, 0.3) is 0 Å². The summed E-state index contributed by atoms with van der Waals surface area (Å²) < 4.78 is 5.46. The largest absolute Gasteiger partial charge is 0.381 e. The lowest BCUT2D eigenvalue weighted by atomic mass is 9.94. The van der Waals surface area contributed by atoms with Crippen LogP contribution in [0.3, 0.4) is 0 Å². The summed E-state index contributed by atoms with van der Waals surface area (Å²) in [4.78, 5) is 0. The molecule has 0 radical (unpaired) electrons. The van der Waals surface area contributed by atoms with Crippen LogP contribution >= 0.6 is 11.6 Å². The highest BCUT2D eigenvalue weighted by molar-refractivity contribution is 6.31. The molecule has 2 atom stereocenters. The third-order valence-electron chi connectivity index (χ3n) is 3.56. The smallest absolute Gasteiger partial charge is 0.0495 e. The zero-order valence-electron chi connectivity index (χ0n) is 11.0. The van der Waals surface area contributed by atoms with E-state index in [9.17, 15) is 0 Å². The molecule has 0 bridgehead atoms. The van der Waals surface area contributed by atoms with Gasteiger partial charge in [-0.25, -0.2) is 0 Å². The minimum atomic E-state index is 0.501.